The van der Waals surface area contributed by atoms with Crippen molar-refractivity contribution in [3.05, 3.63) is 71.0 Å². The van der Waals surface area contributed by atoms with Gasteiger partial charge in [-0.15, -0.1) is 0 Å². The Bertz CT molecular complexity index is 1020. The minimum atomic E-state index is -1.26. The number of rotatable bonds is 4. The van der Waals surface area contributed by atoms with Crippen molar-refractivity contribution in [1.82, 2.24) is 9.80 Å². The van der Waals surface area contributed by atoms with Crippen LogP contribution in [0.15, 0.2) is 42.5 Å². The Hall–Kier alpha value is -2.38. The molecule has 33 heavy (non-hydrogen) atoms. The number of carbonyl (C=O) groups is 1. The van der Waals surface area contributed by atoms with Crippen molar-refractivity contribution < 1.29 is 23.1 Å². The van der Waals surface area contributed by atoms with Gasteiger partial charge in [-0.25, -0.2) is 13.2 Å². The molecule has 4 atom stereocenters. The third-order valence-corrected chi connectivity index (χ3v) is 7.61. The summed E-state index contributed by atoms with van der Waals surface area (Å²) in [5, 5.41) is 11.5. The highest BCUT2D eigenvalue weighted by Crippen LogP contribution is 2.43. The van der Waals surface area contributed by atoms with E-state index in [1.165, 1.54) is 24.3 Å². The number of aliphatic hydroxyl groups is 1. The lowest BCUT2D eigenvalue weighted by atomic mass is 9.70. The smallest absolute Gasteiger partial charge is 0.227 e. The maximum absolute atomic E-state index is 14.6. The molecule has 0 spiro atoms. The van der Waals surface area contributed by atoms with Gasteiger partial charge in [-0.2, -0.15) is 0 Å². The number of amides is 1. The average molecular weight is 461 g/mol. The van der Waals surface area contributed by atoms with Gasteiger partial charge in [0.05, 0.1) is 11.5 Å². The number of piperidine rings is 1. The first-order valence-corrected chi connectivity index (χ1v) is 11.6. The number of nitrogens with zero attached hydrogens (tertiary/aromatic N) is 2. The predicted molar refractivity (Wildman–Crippen MR) is 120 cm³/mol. The molecule has 1 amide bonds. The molecule has 0 bridgehead atoms. The molecule has 0 radical (unpaired) electrons. The molecule has 2 saturated heterocycles. The number of likely N-dealkylation sites (tertiary alicyclic amines) is 2. The number of hydrogen-bond acceptors (Lipinski definition) is 3. The molecule has 1 N–H and O–H groups in total. The van der Waals surface area contributed by atoms with Crippen molar-refractivity contribution in [1.29, 1.82) is 0 Å². The minimum absolute atomic E-state index is 0.0836. The van der Waals surface area contributed by atoms with Crippen LogP contribution in [0.3, 0.4) is 0 Å². The molecule has 2 aromatic rings. The van der Waals surface area contributed by atoms with Crippen LogP contribution in [-0.2, 0) is 10.4 Å². The molecule has 178 valence electrons. The molecule has 2 fully saturated rings. The van der Waals surface area contributed by atoms with Crippen molar-refractivity contribution >= 4 is 5.91 Å². The van der Waals surface area contributed by atoms with Crippen LogP contribution in [0.5, 0.6) is 0 Å². The quantitative estimate of drug-likeness (QED) is 0.746. The average Bonchev–Trinajstić information content (AvgIpc) is 3.20. The van der Waals surface area contributed by atoms with Gasteiger partial charge in [0.25, 0.3) is 0 Å². The largest absolute Gasteiger partial charge is 0.384 e. The van der Waals surface area contributed by atoms with Crippen LogP contribution in [0, 0.1) is 35.2 Å². The molecule has 2 aliphatic rings. The van der Waals surface area contributed by atoms with E-state index >= 15 is 0 Å². The fourth-order valence-corrected chi connectivity index (χ4v) is 5.73. The maximum atomic E-state index is 14.6. The van der Waals surface area contributed by atoms with Gasteiger partial charge < -0.3 is 14.9 Å². The van der Waals surface area contributed by atoms with Gasteiger partial charge in [0.1, 0.15) is 17.5 Å². The van der Waals surface area contributed by atoms with Gasteiger partial charge in [0.2, 0.25) is 5.91 Å². The zero-order valence-electron chi connectivity index (χ0n) is 19.3. The first-order valence-electron chi connectivity index (χ1n) is 11.6. The number of hydrogen-bond donors (Lipinski definition) is 1. The zero-order chi connectivity index (χ0) is 23.9. The molecule has 2 heterocycles. The van der Waals surface area contributed by atoms with Crippen LogP contribution in [0.2, 0.25) is 0 Å². The van der Waals surface area contributed by atoms with Crippen LogP contribution >= 0.6 is 0 Å². The lowest BCUT2D eigenvalue weighted by Crippen LogP contribution is -2.57. The lowest BCUT2D eigenvalue weighted by molar-refractivity contribution is -0.152. The molecule has 4 rings (SSSR count). The van der Waals surface area contributed by atoms with Crippen molar-refractivity contribution in [2.75, 3.05) is 32.7 Å². The first kappa shape index (κ1) is 23.8. The van der Waals surface area contributed by atoms with Crippen molar-refractivity contribution in [3.8, 4) is 0 Å². The Morgan fingerprint density at radius 3 is 2.27 bits per heavy atom. The van der Waals surface area contributed by atoms with E-state index in [2.05, 4.69) is 4.90 Å². The fourth-order valence-electron chi connectivity index (χ4n) is 5.73. The summed E-state index contributed by atoms with van der Waals surface area (Å²) in [4.78, 5) is 17.5. The molecule has 0 aliphatic carbocycles. The predicted octanol–water partition coefficient (Wildman–Crippen LogP) is 4.14. The molecule has 2 aromatic carbocycles. The van der Waals surface area contributed by atoms with E-state index in [0.717, 1.165) is 12.6 Å². The van der Waals surface area contributed by atoms with Gasteiger partial charge in [-0.3, -0.25) is 4.79 Å². The van der Waals surface area contributed by atoms with Crippen LogP contribution in [-0.4, -0.2) is 53.5 Å². The molecular formula is C26H31F3N2O2. The van der Waals surface area contributed by atoms with Gasteiger partial charge in [-0.05, 0) is 35.9 Å². The van der Waals surface area contributed by atoms with Gasteiger partial charge in [0, 0.05) is 50.0 Å². The molecule has 2 aliphatic heterocycles. The standard InChI is InChI=1S/C26H31F3N2O2/c1-4-30-14-22(21-9-8-20(28)11-24(21)29)23(15-30)25(32)31-12-16(2)26(33,17(3)13-31)18-6-5-7-19(27)10-18/h5-11,16-17,22-23,33H,4,12-15H2,1-3H3/t16?,17?,22-,23+,26?/m0/s1. The third kappa shape index (κ3) is 4.28. The van der Waals surface area contributed by atoms with E-state index in [-0.39, 0.29) is 23.7 Å². The Morgan fingerprint density at radius 2 is 1.67 bits per heavy atom. The molecular weight excluding hydrogens is 429 g/mol. The zero-order valence-corrected chi connectivity index (χ0v) is 19.3. The summed E-state index contributed by atoms with van der Waals surface area (Å²) in [7, 11) is 0. The second-order valence-corrected chi connectivity index (χ2v) is 9.61. The topological polar surface area (TPSA) is 43.8 Å². The van der Waals surface area contributed by atoms with E-state index < -0.39 is 29.0 Å². The van der Waals surface area contributed by atoms with Crippen molar-refractivity contribution in [2.45, 2.75) is 32.3 Å². The number of likely N-dealkylation sites (N-methyl/N-ethyl adjacent to an activating group) is 1. The summed E-state index contributed by atoms with van der Waals surface area (Å²) in [5.74, 6) is -3.23. The van der Waals surface area contributed by atoms with E-state index in [9.17, 15) is 23.1 Å². The van der Waals surface area contributed by atoms with Crippen molar-refractivity contribution in [3.63, 3.8) is 0 Å². The monoisotopic (exact) mass is 460 g/mol. The molecule has 0 aromatic heterocycles. The van der Waals surface area contributed by atoms with Gasteiger partial charge >= 0.3 is 0 Å². The Morgan fingerprint density at radius 1 is 1.00 bits per heavy atom. The number of benzene rings is 2. The molecule has 0 saturated carbocycles. The molecule has 4 nitrogen and oxygen atoms in total. The van der Waals surface area contributed by atoms with Gasteiger partial charge in [0.15, 0.2) is 0 Å². The SMILES string of the molecule is CCN1C[C@@H](C(=O)N2CC(C)C(O)(c3cccc(F)c3)C(C)C2)[C@H](c2ccc(F)cc2F)C1. The van der Waals surface area contributed by atoms with Gasteiger partial charge in [-0.1, -0.05) is 39.0 Å². The summed E-state index contributed by atoms with van der Waals surface area (Å²) < 4.78 is 41.9. The Balaban J connectivity index is 1.58. The molecule has 2 unspecified atom stereocenters. The minimum Gasteiger partial charge on any atom is -0.384 e. The van der Waals surface area contributed by atoms with Crippen LogP contribution in [0.4, 0.5) is 13.2 Å². The van der Waals surface area contributed by atoms with Crippen molar-refractivity contribution in [2.24, 2.45) is 17.8 Å². The number of halogens is 3. The molecule has 7 heteroatoms. The Labute approximate surface area is 193 Å². The summed E-state index contributed by atoms with van der Waals surface area (Å²) in [5.41, 5.74) is -0.383. The maximum Gasteiger partial charge on any atom is 0.227 e. The number of carbonyl (C=O) groups excluding carboxylic acids is 1. The third-order valence-electron chi connectivity index (χ3n) is 7.61. The van der Waals surface area contributed by atoms with Crippen LogP contribution in [0.25, 0.3) is 0 Å². The Kier molecular flexibility index (Phi) is 6.56. The first-order chi connectivity index (χ1) is 15.6. The highest BCUT2D eigenvalue weighted by molar-refractivity contribution is 5.81. The second kappa shape index (κ2) is 9.11. The highest BCUT2D eigenvalue weighted by atomic mass is 19.1. The lowest BCUT2D eigenvalue weighted by Gasteiger charge is -2.48. The summed E-state index contributed by atoms with van der Waals surface area (Å²) in [6.45, 7) is 8.13. The van der Waals surface area contributed by atoms with E-state index in [1.54, 1.807) is 17.0 Å². The normalized spacial score (nSPS) is 30.6. The highest BCUT2D eigenvalue weighted by Gasteiger charge is 2.49. The summed E-state index contributed by atoms with van der Waals surface area (Å²) in [6.07, 6.45) is 0. The summed E-state index contributed by atoms with van der Waals surface area (Å²) in [6, 6.07) is 9.55. The van der Waals surface area contributed by atoms with Crippen LogP contribution in [0.1, 0.15) is 37.8 Å². The fraction of sp³-hybridized carbons (Fsp3) is 0.500. The van der Waals surface area contributed by atoms with Crippen LogP contribution < -0.4 is 0 Å². The van der Waals surface area contributed by atoms with E-state index in [4.69, 9.17) is 0 Å². The summed E-state index contributed by atoms with van der Waals surface area (Å²) >= 11 is 0. The van der Waals surface area contributed by atoms with E-state index in [0.29, 0.717) is 37.3 Å². The second-order valence-electron chi connectivity index (χ2n) is 9.61. The van der Waals surface area contributed by atoms with E-state index in [1.807, 2.05) is 20.8 Å².